The Morgan fingerprint density at radius 1 is 1.14 bits per heavy atom. The number of para-hydroxylation sites is 1. The minimum Gasteiger partial charge on any atom is -0.496 e. The molecule has 10 nitrogen and oxygen atoms in total. The molecule has 36 heavy (non-hydrogen) atoms. The van der Waals surface area contributed by atoms with Gasteiger partial charge in [-0.15, -0.1) is 0 Å². The lowest BCUT2D eigenvalue weighted by Gasteiger charge is -2.21. The third-order valence-corrected chi connectivity index (χ3v) is 5.66. The van der Waals surface area contributed by atoms with Crippen molar-refractivity contribution in [3.63, 3.8) is 0 Å². The molecule has 1 amide bonds. The van der Waals surface area contributed by atoms with Crippen molar-refractivity contribution < 1.29 is 19.5 Å². The van der Waals surface area contributed by atoms with Gasteiger partial charge in [0.1, 0.15) is 18.0 Å². The van der Waals surface area contributed by atoms with Crippen LogP contribution in [0.3, 0.4) is 0 Å². The van der Waals surface area contributed by atoms with Crippen molar-refractivity contribution in [3.05, 3.63) is 62.4 Å². The Morgan fingerprint density at radius 2 is 1.81 bits per heavy atom. The fourth-order valence-electron chi connectivity index (χ4n) is 3.52. The molecule has 198 valence electrons. The van der Waals surface area contributed by atoms with E-state index in [-0.39, 0.29) is 36.6 Å². The predicted octanol–water partition coefficient (Wildman–Crippen LogP) is 2.45. The lowest BCUT2D eigenvalue weighted by Crippen LogP contribution is -2.48. The number of carbonyl (C=O) groups excluding carboxylic acids is 1. The Hall–Kier alpha value is -3.40. The van der Waals surface area contributed by atoms with E-state index in [1.165, 1.54) is 17.9 Å². The van der Waals surface area contributed by atoms with Crippen LogP contribution in [0.5, 0.6) is 5.75 Å². The molecular weight excluding hydrogens is 464 g/mol. The smallest absolute Gasteiger partial charge is 0.331 e. The standard InChI is InChI=1S/C26H38N4O6/c1-8-19(27-24(32)16(2)3)13-30-25(33)21(18(6)28-36-17(4)5)14-29(26(30)34)15-22(31)20-11-9-10-12-23(20)35-7/h9-12,14,16-17,19,22,31H,8,13,15H2,1-7H3,(H,27,32)/b28-18+/t19-,22?/m0/s1. The maximum absolute atomic E-state index is 13.4. The lowest BCUT2D eigenvalue weighted by atomic mass is 10.1. The highest BCUT2D eigenvalue weighted by atomic mass is 16.6. The summed E-state index contributed by atoms with van der Waals surface area (Å²) in [4.78, 5) is 44.4. The number of rotatable bonds is 12. The number of hydrogen-bond acceptors (Lipinski definition) is 7. The molecule has 2 rings (SSSR count). The molecule has 0 radical (unpaired) electrons. The Balaban J connectivity index is 2.58. The van der Waals surface area contributed by atoms with Crippen molar-refractivity contribution in [2.75, 3.05) is 7.11 Å². The number of aromatic nitrogens is 2. The summed E-state index contributed by atoms with van der Waals surface area (Å²) in [6.07, 6.45) is 0.623. The minimum atomic E-state index is -1.08. The first kappa shape index (κ1) is 28.8. The first-order valence-electron chi connectivity index (χ1n) is 12.2. The predicted molar refractivity (Wildman–Crippen MR) is 138 cm³/mol. The van der Waals surface area contributed by atoms with Crippen molar-refractivity contribution in [2.45, 2.75) is 79.3 Å². The van der Waals surface area contributed by atoms with Crippen molar-refractivity contribution in [2.24, 2.45) is 11.1 Å². The van der Waals surface area contributed by atoms with Gasteiger partial charge in [0, 0.05) is 23.7 Å². The second-order valence-electron chi connectivity index (χ2n) is 9.25. The molecule has 0 bridgehead atoms. The summed E-state index contributed by atoms with van der Waals surface area (Å²) in [5.74, 6) is 0.0792. The normalized spacial score (nSPS) is 13.6. The number of aliphatic hydroxyl groups excluding tert-OH is 1. The molecule has 0 aliphatic heterocycles. The zero-order valence-corrected chi connectivity index (χ0v) is 22.1. The summed E-state index contributed by atoms with van der Waals surface area (Å²) in [6, 6.07) is 6.54. The Kier molecular flexibility index (Phi) is 10.5. The maximum Gasteiger partial charge on any atom is 0.331 e. The Bertz CT molecular complexity index is 1180. The number of aliphatic hydroxyl groups is 1. The van der Waals surface area contributed by atoms with Gasteiger partial charge in [0.2, 0.25) is 5.91 Å². The number of ether oxygens (including phenoxy) is 1. The van der Waals surface area contributed by atoms with Crippen LogP contribution in [-0.4, -0.2) is 45.1 Å². The number of hydrogen-bond donors (Lipinski definition) is 2. The number of oxime groups is 1. The molecule has 2 aromatic rings. The first-order chi connectivity index (χ1) is 17.0. The minimum absolute atomic E-state index is 0.0243. The maximum atomic E-state index is 13.4. The number of amides is 1. The van der Waals surface area contributed by atoms with Gasteiger partial charge >= 0.3 is 5.69 Å². The van der Waals surface area contributed by atoms with Crippen LogP contribution in [0.2, 0.25) is 0 Å². The van der Waals surface area contributed by atoms with Gasteiger partial charge in [-0.1, -0.05) is 44.1 Å². The average molecular weight is 503 g/mol. The molecular formula is C26H38N4O6. The summed E-state index contributed by atoms with van der Waals surface area (Å²) in [6.45, 7) is 10.5. The van der Waals surface area contributed by atoms with E-state index in [4.69, 9.17) is 9.57 Å². The van der Waals surface area contributed by atoms with Gasteiger partial charge in [-0.3, -0.25) is 18.7 Å². The largest absolute Gasteiger partial charge is 0.496 e. The quantitative estimate of drug-likeness (QED) is 0.339. The molecule has 0 spiro atoms. The van der Waals surface area contributed by atoms with Gasteiger partial charge in [-0.25, -0.2) is 4.79 Å². The fourth-order valence-corrected chi connectivity index (χ4v) is 3.52. The second-order valence-corrected chi connectivity index (χ2v) is 9.25. The molecule has 0 fully saturated rings. The van der Waals surface area contributed by atoms with Crippen LogP contribution in [0.1, 0.15) is 65.2 Å². The molecule has 1 aromatic carbocycles. The van der Waals surface area contributed by atoms with E-state index in [9.17, 15) is 19.5 Å². The van der Waals surface area contributed by atoms with E-state index >= 15 is 0 Å². The fraction of sp³-hybridized carbons (Fsp3) is 0.538. The van der Waals surface area contributed by atoms with E-state index in [1.54, 1.807) is 45.0 Å². The average Bonchev–Trinajstić information content (AvgIpc) is 2.85. The monoisotopic (exact) mass is 502 g/mol. The van der Waals surface area contributed by atoms with Gasteiger partial charge < -0.3 is 20.0 Å². The molecule has 2 atom stereocenters. The molecule has 1 heterocycles. The van der Waals surface area contributed by atoms with Crippen LogP contribution in [0.25, 0.3) is 0 Å². The van der Waals surface area contributed by atoms with Crippen molar-refractivity contribution in [1.29, 1.82) is 0 Å². The van der Waals surface area contributed by atoms with E-state index < -0.39 is 23.4 Å². The van der Waals surface area contributed by atoms with Crippen molar-refractivity contribution in [3.8, 4) is 5.75 Å². The summed E-state index contributed by atoms with van der Waals surface area (Å²) in [5.41, 5.74) is -0.188. The van der Waals surface area contributed by atoms with Crippen molar-refractivity contribution in [1.82, 2.24) is 14.5 Å². The Morgan fingerprint density at radius 3 is 2.39 bits per heavy atom. The summed E-state index contributed by atoms with van der Waals surface area (Å²) >= 11 is 0. The molecule has 10 heteroatoms. The zero-order chi connectivity index (χ0) is 27.0. The summed E-state index contributed by atoms with van der Waals surface area (Å²) < 4.78 is 7.69. The second kappa shape index (κ2) is 13.1. The number of benzene rings is 1. The molecule has 0 aliphatic rings. The van der Waals surface area contributed by atoms with Gasteiger partial charge in [0.15, 0.2) is 0 Å². The molecule has 1 aromatic heterocycles. The highest BCUT2D eigenvalue weighted by Crippen LogP contribution is 2.25. The SMILES string of the molecule is CC[C@@H](Cn1c(=O)c(/C(C)=N/OC(C)C)cn(CC(O)c2ccccc2OC)c1=O)NC(=O)C(C)C. The third kappa shape index (κ3) is 7.30. The number of methoxy groups -OCH3 is 1. The van der Waals surface area contributed by atoms with Crippen LogP contribution in [0, 0.1) is 5.92 Å². The van der Waals surface area contributed by atoms with Crippen LogP contribution in [0.15, 0.2) is 45.2 Å². The first-order valence-corrected chi connectivity index (χ1v) is 12.2. The van der Waals surface area contributed by atoms with E-state index in [0.29, 0.717) is 23.4 Å². The lowest BCUT2D eigenvalue weighted by molar-refractivity contribution is -0.124. The van der Waals surface area contributed by atoms with Gasteiger partial charge in [0.25, 0.3) is 5.56 Å². The van der Waals surface area contributed by atoms with Crippen molar-refractivity contribution >= 4 is 11.6 Å². The molecule has 0 saturated heterocycles. The molecule has 2 N–H and O–H groups in total. The van der Waals surface area contributed by atoms with Gasteiger partial charge in [-0.05, 0) is 33.3 Å². The van der Waals surface area contributed by atoms with Crippen LogP contribution in [0.4, 0.5) is 0 Å². The summed E-state index contributed by atoms with van der Waals surface area (Å²) in [7, 11) is 1.50. The number of nitrogens with one attached hydrogen (secondary N) is 1. The molecule has 0 aliphatic carbocycles. The third-order valence-electron chi connectivity index (χ3n) is 5.66. The van der Waals surface area contributed by atoms with Crippen LogP contribution >= 0.6 is 0 Å². The highest BCUT2D eigenvalue weighted by Gasteiger charge is 2.21. The summed E-state index contributed by atoms with van der Waals surface area (Å²) in [5, 5.41) is 17.9. The van der Waals surface area contributed by atoms with E-state index in [2.05, 4.69) is 10.5 Å². The van der Waals surface area contributed by atoms with E-state index in [1.807, 2.05) is 20.8 Å². The molecule has 0 saturated carbocycles. The van der Waals surface area contributed by atoms with Gasteiger partial charge in [0.05, 0.1) is 31.5 Å². The number of nitrogens with zero attached hydrogens (tertiary/aromatic N) is 3. The van der Waals surface area contributed by atoms with Gasteiger partial charge in [-0.2, -0.15) is 0 Å². The Labute approximate surface area is 211 Å². The zero-order valence-electron chi connectivity index (χ0n) is 22.1. The highest BCUT2D eigenvalue weighted by molar-refractivity contribution is 5.97. The molecule has 1 unspecified atom stereocenters. The van der Waals surface area contributed by atoms with E-state index in [0.717, 1.165) is 4.57 Å². The number of carbonyl (C=O) groups is 1. The van der Waals surface area contributed by atoms with Crippen LogP contribution in [-0.2, 0) is 22.7 Å². The topological polar surface area (TPSA) is 124 Å². The van der Waals surface area contributed by atoms with Crippen LogP contribution < -0.4 is 21.3 Å².